The lowest BCUT2D eigenvalue weighted by atomic mass is 9.99. The number of nitrogens with one attached hydrogen (secondary N) is 1. The number of hydrazine groups is 1. The molecule has 44 heavy (non-hydrogen) atoms. The summed E-state index contributed by atoms with van der Waals surface area (Å²) >= 11 is 0. The van der Waals surface area contributed by atoms with Gasteiger partial charge in [-0.2, -0.15) is 5.01 Å². The number of fused-ring (bicyclic) bond motifs is 2. The summed E-state index contributed by atoms with van der Waals surface area (Å²) in [6.07, 6.45) is 2.20. The van der Waals surface area contributed by atoms with Crippen molar-refractivity contribution in [3.05, 3.63) is 108 Å². The number of amides is 4. The Morgan fingerprint density at radius 2 is 1.84 bits per heavy atom. The Morgan fingerprint density at radius 1 is 1.07 bits per heavy atom. The van der Waals surface area contributed by atoms with Crippen molar-refractivity contribution in [1.29, 1.82) is 0 Å². The second kappa shape index (κ2) is 12.4. The molecule has 3 aliphatic rings. The number of aromatic hydroxyl groups is 1. The number of rotatable bonds is 9. The van der Waals surface area contributed by atoms with Crippen LogP contribution in [-0.4, -0.2) is 80.7 Å². The van der Waals surface area contributed by atoms with Crippen molar-refractivity contribution in [2.24, 2.45) is 0 Å². The Balaban J connectivity index is 1.30. The quantitative estimate of drug-likeness (QED) is 0.367. The number of nitrogens with zero attached hydrogens (tertiary/aromatic N) is 4. The molecule has 3 heterocycles. The van der Waals surface area contributed by atoms with E-state index in [4.69, 9.17) is 4.74 Å². The molecule has 3 aromatic carbocycles. The number of piperazine rings is 1. The van der Waals surface area contributed by atoms with Gasteiger partial charge in [0.05, 0.1) is 19.6 Å². The molecule has 1 unspecified atom stereocenters. The van der Waals surface area contributed by atoms with E-state index in [-0.39, 0.29) is 55.8 Å². The van der Waals surface area contributed by atoms with Gasteiger partial charge in [0.25, 0.3) is 0 Å². The summed E-state index contributed by atoms with van der Waals surface area (Å²) in [5.41, 5.74) is 3.80. The molecular weight excluding hydrogens is 558 g/mol. The van der Waals surface area contributed by atoms with Gasteiger partial charge in [0.2, 0.25) is 11.8 Å². The lowest BCUT2D eigenvalue weighted by molar-refractivity contribution is -0.157. The first-order chi connectivity index (χ1) is 21.3. The molecule has 3 atom stereocenters. The van der Waals surface area contributed by atoms with Crippen LogP contribution < -0.4 is 10.1 Å². The highest BCUT2D eigenvalue weighted by Gasteiger charge is 2.52. The number of phenolic OH excluding ortho intramolecular Hbond substituents is 1. The summed E-state index contributed by atoms with van der Waals surface area (Å²) in [5.74, 6) is 0.546. The summed E-state index contributed by atoms with van der Waals surface area (Å²) < 4.78 is 6.13. The van der Waals surface area contributed by atoms with Gasteiger partial charge in [0.1, 0.15) is 29.8 Å². The average Bonchev–Trinajstić information content (AvgIpc) is 3.57. The molecule has 2 saturated heterocycles. The van der Waals surface area contributed by atoms with E-state index in [0.29, 0.717) is 13.1 Å². The van der Waals surface area contributed by atoms with Crippen molar-refractivity contribution in [1.82, 2.24) is 25.1 Å². The van der Waals surface area contributed by atoms with Crippen LogP contribution in [0.5, 0.6) is 11.5 Å². The Labute approximate surface area is 257 Å². The van der Waals surface area contributed by atoms with Gasteiger partial charge < -0.3 is 25.0 Å². The standard InChI is InChI=1S/C34H37N5O5/c1-3-16-37(34(43)35-19-25-8-5-4-6-9-25)38-22-31(41)39-29(18-24-12-14-28(40)15-13-24)33(42)36(21-30(38)39)20-27-11-7-10-26-17-23(2)44-32(26)27/h3-15,23,29-30,40H,1,16-22H2,2H3,(H,35,43)/t23?,29-,30+/m0/s1. The van der Waals surface area contributed by atoms with E-state index >= 15 is 0 Å². The van der Waals surface area contributed by atoms with Crippen molar-refractivity contribution in [2.45, 2.75) is 51.2 Å². The predicted molar refractivity (Wildman–Crippen MR) is 164 cm³/mol. The van der Waals surface area contributed by atoms with Crippen molar-refractivity contribution in [3.63, 3.8) is 0 Å². The normalized spacial score (nSPS) is 21.1. The molecule has 2 N–H and O–H groups in total. The monoisotopic (exact) mass is 595 g/mol. The van der Waals surface area contributed by atoms with Crippen LogP contribution in [0.2, 0.25) is 0 Å². The molecular formula is C34H37N5O5. The molecule has 228 valence electrons. The maximum Gasteiger partial charge on any atom is 0.332 e. The highest BCUT2D eigenvalue weighted by Crippen LogP contribution is 2.35. The number of hydrogen-bond donors (Lipinski definition) is 2. The van der Waals surface area contributed by atoms with Crippen LogP contribution in [-0.2, 0) is 35.5 Å². The third kappa shape index (κ3) is 5.85. The van der Waals surface area contributed by atoms with Crippen molar-refractivity contribution in [2.75, 3.05) is 19.6 Å². The third-order valence-corrected chi connectivity index (χ3v) is 8.43. The van der Waals surface area contributed by atoms with Gasteiger partial charge in [0.15, 0.2) is 0 Å². The number of phenols is 1. The number of carbonyl (C=O) groups is 3. The van der Waals surface area contributed by atoms with Crippen LogP contribution >= 0.6 is 0 Å². The molecule has 3 aromatic rings. The van der Waals surface area contributed by atoms with Gasteiger partial charge >= 0.3 is 6.03 Å². The first-order valence-corrected chi connectivity index (χ1v) is 14.9. The van der Waals surface area contributed by atoms with Gasteiger partial charge in [-0.3, -0.25) is 14.6 Å². The van der Waals surface area contributed by atoms with Crippen LogP contribution in [0.1, 0.15) is 29.2 Å². The maximum atomic E-state index is 14.2. The fourth-order valence-electron chi connectivity index (χ4n) is 6.37. The molecule has 0 aliphatic carbocycles. The lowest BCUT2D eigenvalue weighted by Crippen LogP contribution is -2.66. The average molecular weight is 596 g/mol. The molecule has 0 spiro atoms. The van der Waals surface area contributed by atoms with E-state index < -0.39 is 12.2 Å². The number of para-hydroxylation sites is 1. The Kier molecular flexibility index (Phi) is 8.25. The Hall–Kier alpha value is -4.83. The van der Waals surface area contributed by atoms with Gasteiger partial charge in [-0.15, -0.1) is 6.58 Å². The fourth-order valence-corrected chi connectivity index (χ4v) is 6.37. The first kappa shape index (κ1) is 29.3. The van der Waals surface area contributed by atoms with Crippen molar-refractivity contribution >= 4 is 17.8 Å². The van der Waals surface area contributed by atoms with E-state index in [1.165, 1.54) is 5.01 Å². The van der Waals surface area contributed by atoms with Gasteiger partial charge in [-0.05, 0) is 35.7 Å². The van der Waals surface area contributed by atoms with Crippen molar-refractivity contribution in [3.8, 4) is 11.5 Å². The SMILES string of the molecule is C=CCN(C(=O)NCc1ccccc1)N1CC(=O)N2[C@@H](Cc3ccc(O)cc3)C(=O)N(Cc3cccc4c3OC(C)C4)C[C@@H]21. The zero-order valence-electron chi connectivity index (χ0n) is 24.8. The molecule has 10 heteroatoms. The minimum atomic E-state index is -0.787. The molecule has 10 nitrogen and oxygen atoms in total. The highest BCUT2D eigenvalue weighted by atomic mass is 16.5. The smallest absolute Gasteiger partial charge is 0.332 e. The zero-order chi connectivity index (χ0) is 30.8. The fraction of sp³-hybridized carbons (Fsp3) is 0.324. The van der Waals surface area contributed by atoms with Crippen molar-refractivity contribution < 1.29 is 24.2 Å². The van der Waals surface area contributed by atoms with E-state index in [1.807, 2.05) is 55.5 Å². The van der Waals surface area contributed by atoms with Crippen LogP contribution in [0.25, 0.3) is 0 Å². The highest BCUT2D eigenvalue weighted by molar-refractivity contribution is 5.92. The van der Waals surface area contributed by atoms with Gasteiger partial charge in [-0.1, -0.05) is 66.7 Å². The van der Waals surface area contributed by atoms with E-state index in [0.717, 1.165) is 34.4 Å². The molecule has 2 fully saturated rings. The zero-order valence-corrected chi connectivity index (χ0v) is 24.8. The molecule has 0 bridgehead atoms. The molecule has 4 amide bonds. The predicted octanol–water partition coefficient (Wildman–Crippen LogP) is 3.45. The Morgan fingerprint density at radius 3 is 2.59 bits per heavy atom. The van der Waals surface area contributed by atoms with Crippen LogP contribution in [0.15, 0.2) is 85.5 Å². The second-order valence-electron chi connectivity index (χ2n) is 11.5. The molecule has 0 radical (unpaired) electrons. The third-order valence-electron chi connectivity index (χ3n) is 8.43. The minimum absolute atomic E-state index is 0.0498. The van der Waals surface area contributed by atoms with Crippen LogP contribution in [0.3, 0.4) is 0 Å². The summed E-state index contributed by atoms with van der Waals surface area (Å²) in [6, 6.07) is 21.1. The number of carbonyl (C=O) groups excluding carboxylic acids is 3. The Bertz CT molecular complexity index is 1550. The number of ether oxygens (including phenoxy) is 1. The van der Waals surface area contributed by atoms with E-state index in [2.05, 4.69) is 11.9 Å². The first-order valence-electron chi connectivity index (χ1n) is 14.9. The molecule has 3 aliphatic heterocycles. The number of urea groups is 1. The second-order valence-corrected chi connectivity index (χ2v) is 11.5. The summed E-state index contributed by atoms with van der Waals surface area (Å²) in [7, 11) is 0. The van der Waals surface area contributed by atoms with Gasteiger partial charge in [0, 0.05) is 31.5 Å². The van der Waals surface area contributed by atoms with Crippen LogP contribution in [0, 0.1) is 0 Å². The minimum Gasteiger partial charge on any atom is -0.508 e. The summed E-state index contributed by atoms with van der Waals surface area (Å²) in [4.78, 5) is 44.8. The van der Waals surface area contributed by atoms with Gasteiger partial charge in [-0.25, -0.2) is 4.79 Å². The molecule has 6 rings (SSSR count). The van der Waals surface area contributed by atoms with Crippen LogP contribution in [0.4, 0.5) is 4.79 Å². The van der Waals surface area contributed by atoms with E-state index in [9.17, 15) is 19.5 Å². The van der Waals surface area contributed by atoms with E-state index in [1.54, 1.807) is 45.2 Å². The topological polar surface area (TPSA) is 106 Å². The maximum absolute atomic E-state index is 14.2. The number of benzene rings is 3. The molecule has 0 saturated carbocycles. The summed E-state index contributed by atoms with van der Waals surface area (Å²) in [6.45, 7) is 6.88. The molecule has 0 aromatic heterocycles. The summed E-state index contributed by atoms with van der Waals surface area (Å²) in [5, 5.41) is 16.0. The largest absolute Gasteiger partial charge is 0.508 e. The lowest BCUT2D eigenvalue weighted by Gasteiger charge is -2.46. The number of hydrogen-bond acceptors (Lipinski definition) is 6.